The molecule has 4 rings (SSSR count). The minimum atomic E-state index is -0.549. The van der Waals surface area contributed by atoms with E-state index in [0.29, 0.717) is 23.6 Å². The lowest BCUT2D eigenvalue weighted by molar-refractivity contribution is 0.0996. The van der Waals surface area contributed by atoms with Crippen LogP contribution in [-0.2, 0) is 0 Å². The molecular weight excluding hydrogens is 406 g/mol. The number of ether oxygens (including phenoxy) is 1. The summed E-state index contributed by atoms with van der Waals surface area (Å²) in [7, 11) is 0. The van der Waals surface area contributed by atoms with Crippen molar-refractivity contribution in [3.05, 3.63) is 90.5 Å². The number of nitrogens with zero attached hydrogens (tertiary/aromatic N) is 2. The Hall–Kier alpha value is -4.39. The number of para-hydroxylation sites is 2. The summed E-state index contributed by atoms with van der Waals surface area (Å²) < 4.78 is 10.8. The fraction of sp³-hybridized carbons (Fsp3) is 0.0800. The van der Waals surface area contributed by atoms with E-state index < -0.39 is 11.9 Å². The van der Waals surface area contributed by atoms with Gasteiger partial charge >= 0.3 is 5.95 Å². The predicted octanol–water partition coefficient (Wildman–Crippen LogP) is 6.72. The zero-order valence-electron chi connectivity index (χ0n) is 17.4. The van der Waals surface area contributed by atoms with Crippen LogP contribution in [0.15, 0.2) is 99.6 Å². The molecule has 0 saturated carbocycles. The molecule has 0 saturated heterocycles. The van der Waals surface area contributed by atoms with Crippen molar-refractivity contribution in [1.29, 1.82) is 0 Å². The highest BCUT2D eigenvalue weighted by atomic mass is 16.5. The van der Waals surface area contributed by atoms with Crippen molar-refractivity contribution in [3.8, 4) is 23.0 Å². The number of furan rings is 1. The van der Waals surface area contributed by atoms with Crippen LogP contribution in [0.2, 0.25) is 0 Å². The van der Waals surface area contributed by atoms with E-state index in [0.717, 1.165) is 17.0 Å². The molecular formula is C25H21N3O4. The van der Waals surface area contributed by atoms with Gasteiger partial charge in [-0.15, -0.1) is 10.2 Å². The Bertz CT molecular complexity index is 1230. The largest absolute Gasteiger partial charge is 0.494 e. The number of hydrogen-bond donors (Lipinski definition) is 2. The molecule has 32 heavy (non-hydrogen) atoms. The van der Waals surface area contributed by atoms with Crippen molar-refractivity contribution in [2.75, 3.05) is 11.9 Å². The maximum Gasteiger partial charge on any atom is 0.311 e. The van der Waals surface area contributed by atoms with E-state index in [2.05, 4.69) is 15.5 Å². The minimum Gasteiger partial charge on any atom is -0.494 e. The van der Waals surface area contributed by atoms with E-state index in [-0.39, 0.29) is 5.69 Å². The first-order valence-electron chi connectivity index (χ1n) is 10.1. The van der Waals surface area contributed by atoms with Crippen molar-refractivity contribution < 1.29 is 19.1 Å². The summed E-state index contributed by atoms with van der Waals surface area (Å²) in [6.07, 6.45) is 0. The molecule has 160 valence electrons. The van der Waals surface area contributed by atoms with Crippen molar-refractivity contribution in [2.24, 2.45) is 10.2 Å². The van der Waals surface area contributed by atoms with Crippen molar-refractivity contribution >= 4 is 23.0 Å². The Labute approximate surface area is 185 Å². The molecule has 0 fully saturated rings. The maximum absolute atomic E-state index is 12.7. The standard InChI is InChI=1S/C25H21N3O4/c1-2-31-19-14-12-17(13-15-19)23-16-22(25(30)32-23)27-28-24(29)20-10-6-7-11-21(20)26-18-8-4-3-5-9-18/h3-16,26,30H,2H2,1H3. The van der Waals surface area contributed by atoms with Gasteiger partial charge in [0.25, 0.3) is 5.91 Å². The van der Waals surface area contributed by atoms with E-state index in [1.54, 1.807) is 42.5 Å². The lowest BCUT2D eigenvalue weighted by Crippen LogP contribution is -2.00. The third kappa shape index (κ3) is 4.84. The number of aromatic hydroxyl groups is 1. The van der Waals surface area contributed by atoms with E-state index in [1.807, 2.05) is 43.3 Å². The van der Waals surface area contributed by atoms with Gasteiger partial charge in [-0.3, -0.25) is 4.79 Å². The number of hydrogen-bond acceptors (Lipinski definition) is 6. The highest BCUT2D eigenvalue weighted by Gasteiger charge is 2.14. The number of carbonyl (C=O) groups excluding carboxylic acids is 1. The van der Waals surface area contributed by atoms with Crippen LogP contribution in [0.1, 0.15) is 17.3 Å². The number of amides is 1. The zero-order valence-corrected chi connectivity index (χ0v) is 17.4. The lowest BCUT2D eigenvalue weighted by atomic mass is 10.1. The summed E-state index contributed by atoms with van der Waals surface area (Å²) in [6.45, 7) is 2.48. The third-order valence-corrected chi connectivity index (χ3v) is 4.60. The summed E-state index contributed by atoms with van der Waals surface area (Å²) in [5, 5.41) is 21.0. The number of azo groups is 1. The van der Waals surface area contributed by atoms with Gasteiger partial charge < -0.3 is 19.6 Å². The molecule has 0 aliphatic carbocycles. The third-order valence-electron chi connectivity index (χ3n) is 4.60. The van der Waals surface area contributed by atoms with Crippen LogP contribution in [0, 0.1) is 0 Å². The Kier molecular flexibility index (Phi) is 6.27. The van der Waals surface area contributed by atoms with Crippen LogP contribution < -0.4 is 10.1 Å². The molecule has 2 N–H and O–H groups in total. The fourth-order valence-electron chi connectivity index (χ4n) is 3.08. The molecule has 1 heterocycles. The molecule has 4 aromatic rings. The van der Waals surface area contributed by atoms with Crippen LogP contribution in [0.4, 0.5) is 17.1 Å². The van der Waals surface area contributed by atoms with Gasteiger partial charge in [0.2, 0.25) is 0 Å². The van der Waals surface area contributed by atoms with Gasteiger partial charge in [0, 0.05) is 17.3 Å². The summed E-state index contributed by atoms with van der Waals surface area (Å²) in [4.78, 5) is 12.7. The molecule has 7 heteroatoms. The van der Waals surface area contributed by atoms with Gasteiger partial charge in [-0.05, 0) is 55.5 Å². The molecule has 0 unspecified atom stereocenters. The second-order valence-corrected chi connectivity index (χ2v) is 6.80. The second-order valence-electron chi connectivity index (χ2n) is 6.80. The molecule has 0 bridgehead atoms. The summed E-state index contributed by atoms with van der Waals surface area (Å²) in [5.74, 6) is 0.173. The highest BCUT2D eigenvalue weighted by molar-refractivity contribution is 6.00. The summed E-state index contributed by atoms with van der Waals surface area (Å²) >= 11 is 0. The summed E-state index contributed by atoms with van der Waals surface area (Å²) in [5.41, 5.74) is 2.60. The van der Waals surface area contributed by atoms with E-state index >= 15 is 0 Å². The van der Waals surface area contributed by atoms with Gasteiger partial charge in [-0.1, -0.05) is 30.3 Å². The molecule has 0 aliphatic heterocycles. The van der Waals surface area contributed by atoms with E-state index in [1.165, 1.54) is 6.07 Å². The Morgan fingerprint density at radius 2 is 1.72 bits per heavy atom. The quantitative estimate of drug-likeness (QED) is 0.319. The Balaban J connectivity index is 1.52. The average Bonchev–Trinajstić information content (AvgIpc) is 3.19. The molecule has 7 nitrogen and oxygen atoms in total. The maximum atomic E-state index is 12.7. The number of rotatable bonds is 7. The Morgan fingerprint density at radius 3 is 2.47 bits per heavy atom. The van der Waals surface area contributed by atoms with Crippen LogP contribution in [0.5, 0.6) is 11.7 Å². The van der Waals surface area contributed by atoms with Crippen molar-refractivity contribution in [3.63, 3.8) is 0 Å². The Morgan fingerprint density at radius 1 is 1.00 bits per heavy atom. The number of benzene rings is 3. The number of anilines is 2. The van der Waals surface area contributed by atoms with Gasteiger partial charge in [0.15, 0.2) is 5.69 Å². The van der Waals surface area contributed by atoms with Gasteiger partial charge in [0.1, 0.15) is 11.5 Å². The fourth-order valence-corrected chi connectivity index (χ4v) is 3.08. The number of carbonyl (C=O) groups is 1. The first-order chi connectivity index (χ1) is 15.6. The van der Waals surface area contributed by atoms with Gasteiger partial charge in [-0.2, -0.15) is 0 Å². The van der Waals surface area contributed by atoms with Crippen LogP contribution in [-0.4, -0.2) is 17.6 Å². The molecule has 0 atom stereocenters. The van der Waals surface area contributed by atoms with Crippen LogP contribution in [0.25, 0.3) is 11.3 Å². The molecule has 0 spiro atoms. The monoisotopic (exact) mass is 427 g/mol. The predicted molar refractivity (Wildman–Crippen MR) is 122 cm³/mol. The molecule has 1 amide bonds. The van der Waals surface area contributed by atoms with Gasteiger partial charge in [-0.25, -0.2) is 0 Å². The lowest BCUT2D eigenvalue weighted by Gasteiger charge is -2.09. The van der Waals surface area contributed by atoms with Crippen LogP contribution >= 0.6 is 0 Å². The van der Waals surface area contributed by atoms with E-state index in [9.17, 15) is 9.90 Å². The normalized spacial score (nSPS) is 10.9. The first-order valence-corrected chi connectivity index (χ1v) is 10.1. The number of nitrogens with one attached hydrogen (secondary N) is 1. The first kappa shape index (κ1) is 20.9. The molecule has 1 aromatic heterocycles. The molecule has 0 aliphatic rings. The van der Waals surface area contributed by atoms with Crippen molar-refractivity contribution in [1.82, 2.24) is 0 Å². The topological polar surface area (TPSA) is 96.4 Å². The van der Waals surface area contributed by atoms with Crippen molar-refractivity contribution in [2.45, 2.75) is 6.92 Å². The second kappa shape index (κ2) is 9.61. The molecule has 0 radical (unpaired) electrons. The molecule has 3 aromatic carbocycles. The van der Waals surface area contributed by atoms with Gasteiger partial charge in [0.05, 0.1) is 17.9 Å². The SMILES string of the molecule is CCOc1ccc(-c2cc(N=NC(=O)c3ccccc3Nc3ccccc3)c(O)o2)cc1. The highest BCUT2D eigenvalue weighted by Crippen LogP contribution is 2.36. The van der Waals surface area contributed by atoms with E-state index in [4.69, 9.17) is 9.15 Å². The smallest absolute Gasteiger partial charge is 0.311 e. The average molecular weight is 427 g/mol. The zero-order chi connectivity index (χ0) is 22.3. The minimum absolute atomic E-state index is 0.0655. The van der Waals surface area contributed by atoms with Crippen LogP contribution in [0.3, 0.4) is 0 Å². The summed E-state index contributed by atoms with van der Waals surface area (Å²) in [6, 6.07) is 25.3.